The molecule has 1 aromatic carbocycles. The first kappa shape index (κ1) is 15.5. The number of nitrogens with zero attached hydrogens (tertiary/aromatic N) is 2. The summed E-state index contributed by atoms with van der Waals surface area (Å²) in [5.74, 6) is -0.343. The molecule has 3 rings (SSSR count). The summed E-state index contributed by atoms with van der Waals surface area (Å²) in [5.41, 5.74) is 1.33. The summed E-state index contributed by atoms with van der Waals surface area (Å²) >= 11 is 0. The van der Waals surface area contributed by atoms with Crippen LogP contribution in [-0.2, 0) is 0 Å². The Morgan fingerprint density at radius 3 is 2.87 bits per heavy atom. The second kappa shape index (κ2) is 6.39. The Bertz CT molecular complexity index is 700. The molecule has 2 aromatic rings. The van der Waals surface area contributed by atoms with Crippen molar-refractivity contribution >= 4 is 5.91 Å². The first-order valence-corrected chi connectivity index (χ1v) is 7.52. The minimum atomic E-state index is -0.724. The Morgan fingerprint density at radius 1 is 1.39 bits per heavy atom. The largest absolute Gasteiger partial charge is 0.507 e. The number of para-hydroxylation sites is 1. The number of aliphatic hydroxyl groups excluding tert-OH is 2. The molecule has 1 aromatic heterocycles. The van der Waals surface area contributed by atoms with Crippen molar-refractivity contribution < 1.29 is 20.1 Å². The van der Waals surface area contributed by atoms with Gasteiger partial charge >= 0.3 is 0 Å². The molecule has 2 heterocycles. The fourth-order valence-electron chi connectivity index (χ4n) is 2.81. The highest BCUT2D eigenvalue weighted by atomic mass is 16.3. The summed E-state index contributed by atoms with van der Waals surface area (Å²) in [7, 11) is 0. The number of hydrogen-bond donors (Lipinski definition) is 4. The summed E-state index contributed by atoms with van der Waals surface area (Å²) in [5, 5.41) is 35.7. The Balaban J connectivity index is 1.76. The quantitative estimate of drug-likeness (QED) is 0.662. The highest BCUT2D eigenvalue weighted by molar-refractivity contribution is 5.93. The SMILES string of the molecule is O=C(c1cc(-c2ccccc2O)n[nH]1)N1CC[C@H](CO)[C@@H](O)C1. The maximum absolute atomic E-state index is 12.5. The molecule has 0 spiro atoms. The molecule has 7 nitrogen and oxygen atoms in total. The van der Waals surface area contributed by atoms with Crippen LogP contribution in [0.4, 0.5) is 0 Å². The lowest BCUT2D eigenvalue weighted by Gasteiger charge is -2.34. The van der Waals surface area contributed by atoms with Crippen molar-refractivity contribution in [1.82, 2.24) is 15.1 Å². The summed E-state index contributed by atoms with van der Waals surface area (Å²) < 4.78 is 0. The van der Waals surface area contributed by atoms with Crippen LogP contribution in [0.3, 0.4) is 0 Å². The van der Waals surface area contributed by atoms with Gasteiger partial charge in [0, 0.05) is 31.2 Å². The first-order valence-electron chi connectivity index (χ1n) is 7.52. The van der Waals surface area contributed by atoms with Crippen LogP contribution in [0.5, 0.6) is 5.75 Å². The molecule has 0 saturated carbocycles. The summed E-state index contributed by atoms with van der Waals surface area (Å²) in [6.07, 6.45) is -0.164. The third-order valence-electron chi connectivity index (χ3n) is 4.23. The number of H-pyrrole nitrogens is 1. The number of carbonyl (C=O) groups is 1. The van der Waals surface area contributed by atoms with Gasteiger partial charge in [-0.05, 0) is 24.6 Å². The molecule has 1 amide bonds. The lowest BCUT2D eigenvalue weighted by molar-refractivity contribution is 0.000657. The van der Waals surface area contributed by atoms with Gasteiger partial charge in [0.15, 0.2) is 0 Å². The minimum Gasteiger partial charge on any atom is -0.507 e. The summed E-state index contributed by atoms with van der Waals surface area (Å²) in [4.78, 5) is 14.0. The van der Waals surface area contributed by atoms with Gasteiger partial charge in [0.2, 0.25) is 0 Å². The fraction of sp³-hybridized carbons (Fsp3) is 0.375. The van der Waals surface area contributed by atoms with E-state index in [2.05, 4.69) is 10.2 Å². The van der Waals surface area contributed by atoms with Crippen molar-refractivity contribution in [2.75, 3.05) is 19.7 Å². The molecule has 0 radical (unpaired) electrons. The predicted molar refractivity (Wildman–Crippen MR) is 82.8 cm³/mol. The zero-order chi connectivity index (χ0) is 16.4. The van der Waals surface area contributed by atoms with Gasteiger partial charge in [0.05, 0.1) is 11.8 Å². The van der Waals surface area contributed by atoms with E-state index in [9.17, 15) is 15.0 Å². The molecule has 0 bridgehead atoms. The van der Waals surface area contributed by atoms with Crippen molar-refractivity contribution in [3.63, 3.8) is 0 Å². The maximum atomic E-state index is 12.5. The second-order valence-electron chi connectivity index (χ2n) is 5.73. The van der Waals surface area contributed by atoms with Crippen LogP contribution in [-0.4, -0.2) is 62.1 Å². The maximum Gasteiger partial charge on any atom is 0.271 e. The number of β-amino-alcohol motifs (C(OH)–C–C–N with tert-alkyl or cyclic N) is 1. The number of phenolic OH excluding ortho intramolecular Hbond substituents is 1. The predicted octanol–water partition coefficient (Wildman–Crippen LogP) is 0.598. The molecule has 0 unspecified atom stereocenters. The van der Waals surface area contributed by atoms with Crippen molar-refractivity contribution in [1.29, 1.82) is 0 Å². The zero-order valence-corrected chi connectivity index (χ0v) is 12.5. The van der Waals surface area contributed by atoms with Crippen LogP contribution >= 0.6 is 0 Å². The molecule has 2 atom stereocenters. The normalized spacial score (nSPS) is 21.4. The number of benzene rings is 1. The van der Waals surface area contributed by atoms with Crippen molar-refractivity contribution in [3.8, 4) is 17.0 Å². The van der Waals surface area contributed by atoms with E-state index in [-0.39, 0.29) is 30.7 Å². The number of likely N-dealkylation sites (tertiary alicyclic amines) is 1. The molecule has 1 saturated heterocycles. The van der Waals surface area contributed by atoms with Gasteiger partial charge in [-0.3, -0.25) is 9.89 Å². The standard InChI is InChI=1S/C16H19N3O4/c20-9-10-5-6-19(8-15(10)22)16(23)13-7-12(17-18-13)11-3-1-2-4-14(11)21/h1-4,7,10,15,20-22H,5-6,8-9H2,(H,17,18)/t10-,15+/m1/s1. The van der Waals surface area contributed by atoms with E-state index >= 15 is 0 Å². The third-order valence-corrected chi connectivity index (χ3v) is 4.23. The van der Waals surface area contributed by atoms with E-state index in [4.69, 9.17) is 5.11 Å². The van der Waals surface area contributed by atoms with E-state index in [1.54, 1.807) is 35.2 Å². The van der Waals surface area contributed by atoms with Gasteiger partial charge in [-0.15, -0.1) is 0 Å². The van der Waals surface area contributed by atoms with E-state index in [0.717, 1.165) is 0 Å². The number of aromatic nitrogens is 2. The van der Waals surface area contributed by atoms with Gasteiger partial charge in [-0.2, -0.15) is 5.10 Å². The minimum absolute atomic E-state index is 0.0787. The molecule has 0 aliphatic carbocycles. The van der Waals surface area contributed by atoms with Gasteiger partial charge in [-0.1, -0.05) is 12.1 Å². The molecular weight excluding hydrogens is 298 g/mol. The number of aromatic hydroxyl groups is 1. The number of aromatic amines is 1. The van der Waals surface area contributed by atoms with E-state index in [1.165, 1.54) is 0 Å². The Morgan fingerprint density at radius 2 is 2.17 bits per heavy atom. The highest BCUT2D eigenvalue weighted by Gasteiger charge is 2.30. The number of aliphatic hydroxyl groups is 2. The van der Waals surface area contributed by atoms with Crippen molar-refractivity contribution in [2.24, 2.45) is 5.92 Å². The molecule has 1 aliphatic rings. The summed E-state index contributed by atoms with van der Waals surface area (Å²) in [6.45, 7) is 0.589. The van der Waals surface area contributed by atoms with E-state index in [1.807, 2.05) is 0 Å². The number of carbonyl (C=O) groups excluding carboxylic acids is 1. The van der Waals surface area contributed by atoms with Crippen LogP contribution in [0.25, 0.3) is 11.3 Å². The Hall–Kier alpha value is -2.38. The molecular formula is C16H19N3O4. The molecule has 23 heavy (non-hydrogen) atoms. The number of piperidine rings is 1. The average Bonchev–Trinajstić information content (AvgIpc) is 3.04. The van der Waals surface area contributed by atoms with Crippen LogP contribution in [0, 0.1) is 5.92 Å². The number of phenols is 1. The van der Waals surface area contributed by atoms with E-state index < -0.39 is 6.10 Å². The number of nitrogens with one attached hydrogen (secondary N) is 1. The second-order valence-corrected chi connectivity index (χ2v) is 5.73. The number of hydrogen-bond acceptors (Lipinski definition) is 5. The number of rotatable bonds is 3. The third kappa shape index (κ3) is 3.06. The van der Waals surface area contributed by atoms with Gasteiger partial charge in [0.1, 0.15) is 11.4 Å². The van der Waals surface area contributed by atoms with Crippen LogP contribution in [0.2, 0.25) is 0 Å². The number of amides is 1. The molecule has 122 valence electrons. The monoisotopic (exact) mass is 317 g/mol. The Labute approximate surface area is 133 Å². The molecule has 1 aliphatic heterocycles. The molecule has 4 N–H and O–H groups in total. The van der Waals surface area contributed by atoms with Crippen LogP contribution in [0.15, 0.2) is 30.3 Å². The topological polar surface area (TPSA) is 110 Å². The van der Waals surface area contributed by atoms with Crippen molar-refractivity contribution in [3.05, 3.63) is 36.0 Å². The lowest BCUT2D eigenvalue weighted by Crippen LogP contribution is -2.47. The zero-order valence-electron chi connectivity index (χ0n) is 12.5. The van der Waals surface area contributed by atoms with Gasteiger partial charge in [-0.25, -0.2) is 0 Å². The average molecular weight is 317 g/mol. The highest BCUT2D eigenvalue weighted by Crippen LogP contribution is 2.28. The van der Waals surface area contributed by atoms with Crippen LogP contribution < -0.4 is 0 Å². The van der Waals surface area contributed by atoms with Crippen molar-refractivity contribution in [2.45, 2.75) is 12.5 Å². The Kier molecular flexibility index (Phi) is 4.31. The smallest absolute Gasteiger partial charge is 0.271 e. The fourth-order valence-corrected chi connectivity index (χ4v) is 2.81. The summed E-state index contributed by atoms with van der Waals surface area (Å²) in [6, 6.07) is 8.35. The molecule has 7 heteroatoms. The molecule has 1 fully saturated rings. The van der Waals surface area contributed by atoms with Crippen LogP contribution in [0.1, 0.15) is 16.9 Å². The first-order chi connectivity index (χ1) is 11.1. The lowest BCUT2D eigenvalue weighted by atomic mass is 9.94. The van der Waals surface area contributed by atoms with Gasteiger partial charge < -0.3 is 20.2 Å². The van der Waals surface area contributed by atoms with Gasteiger partial charge in [0.25, 0.3) is 5.91 Å². The van der Waals surface area contributed by atoms with E-state index in [0.29, 0.717) is 29.9 Å².